The number of nitrogens with one attached hydrogen (secondary N) is 1. The van der Waals surface area contributed by atoms with Gasteiger partial charge in [0.2, 0.25) is 0 Å². The van der Waals surface area contributed by atoms with Crippen LogP contribution in [0.4, 0.5) is 0 Å². The Morgan fingerprint density at radius 3 is 2.65 bits per heavy atom. The third-order valence-corrected chi connectivity index (χ3v) is 5.11. The van der Waals surface area contributed by atoms with Crippen LogP contribution in [-0.2, 0) is 9.53 Å². The minimum atomic E-state index is -0.542. The molecule has 2 atom stereocenters. The lowest BCUT2D eigenvalue weighted by atomic mass is 9.70. The van der Waals surface area contributed by atoms with Crippen LogP contribution in [0.3, 0.4) is 0 Å². The van der Waals surface area contributed by atoms with Gasteiger partial charge in [-0.05, 0) is 30.9 Å². The molecular weight excluding hydrogens is 234 g/mol. The topological polar surface area (TPSA) is 38.3 Å². The van der Waals surface area contributed by atoms with Crippen LogP contribution in [0.25, 0.3) is 0 Å². The van der Waals surface area contributed by atoms with E-state index >= 15 is 0 Å². The first-order valence-electron chi connectivity index (χ1n) is 6.33. The fraction of sp³-hybridized carbons (Fsp3) is 0.923. The number of ether oxygens (including phenoxy) is 1. The van der Waals surface area contributed by atoms with Crippen molar-refractivity contribution in [2.24, 2.45) is 5.41 Å². The largest absolute Gasteiger partial charge is 0.468 e. The monoisotopic (exact) mass is 259 g/mol. The van der Waals surface area contributed by atoms with Crippen molar-refractivity contribution in [1.82, 2.24) is 5.32 Å². The molecule has 2 unspecified atom stereocenters. The Morgan fingerprint density at radius 1 is 1.53 bits per heavy atom. The number of hydrogen-bond acceptors (Lipinski definition) is 4. The predicted octanol–water partition coefficient (Wildman–Crippen LogP) is 2.45. The molecule has 0 aromatic carbocycles. The van der Waals surface area contributed by atoms with Gasteiger partial charge in [-0.1, -0.05) is 20.8 Å². The molecule has 0 aromatic heterocycles. The van der Waals surface area contributed by atoms with Gasteiger partial charge in [-0.2, -0.15) is 11.8 Å². The molecule has 1 aliphatic heterocycles. The van der Waals surface area contributed by atoms with Gasteiger partial charge in [-0.25, -0.2) is 0 Å². The number of methoxy groups -OCH3 is 1. The Balaban J connectivity index is 3.03. The lowest BCUT2D eigenvalue weighted by molar-refractivity contribution is -0.153. The van der Waals surface area contributed by atoms with Crippen LogP contribution in [0.1, 0.15) is 40.5 Å². The number of carbonyl (C=O) groups is 1. The molecule has 0 saturated carbocycles. The number of carbonyl (C=O) groups excluding carboxylic acids is 1. The van der Waals surface area contributed by atoms with E-state index in [9.17, 15) is 4.79 Å². The molecule has 1 aliphatic rings. The summed E-state index contributed by atoms with van der Waals surface area (Å²) in [6, 6.07) is 0.326. The van der Waals surface area contributed by atoms with Gasteiger partial charge in [-0.15, -0.1) is 0 Å². The first-order chi connectivity index (χ1) is 7.89. The van der Waals surface area contributed by atoms with Crippen molar-refractivity contribution in [2.75, 3.05) is 18.6 Å². The highest BCUT2D eigenvalue weighted by molar-refractivity contribution is 7.99. The van der Waals surface area contributed by atoms with E-state index in [4.69, 9.17) is 4.74 Å². The molecule has 0 amide bonds. The van der Waals surface area contributed by atoms with Crippen LogP contribution in [0.15, 0.2) is 0 Å². The second kappa shape index (κ2) is 5.61. The van der Waals surface area contributed by atoms with Crippen LogP contribution in [0.2, 0.25) is 0 Å². The van der Waals surface area contributed by atoms with E-state index in [2.05, 4.69) is 33.0 Å². The Morgan fingerprint density at radius 2 is 2.18 bits per heavy atom. The maximum absolute atomic E-state index is 12.3. The summed E-state index contributed by atoms with van der Waals surface area (Å²) < 4.78 is 5.06. The number of esters is 1. The Bertz CT molecular complexity index is 281. The maximum atomic E-state index is 12.3. The van der Waals surface area contributed by atoms with Crippen molar-refractivity contribution in [2.45, 2.75) is 52.1 Å². The SMILES string of the molecule is CCC(C)NC1(C(=O)OC)CSCCC1(C)C. The molecule has 1 saturated heterocycles. The third kappa shape index (κ3) is 2.79. The minimum Gasteiger partial charge on any atom is -0.468 e. The number of hydrogen-bond donors (Lipinski definition) is 1. The Labute approximate surface area is 109 Å². The van der Waals surface area contributed by atoms with Crippen LogP contribution in [0.5, 0.6) is 0 Å². The third-order valence-electron chi connectivity index (χ3n) is 3.98. The molecule has 1 N–H and O–H groups in total. The molecule has 100 valence electrons. The van der Waals surface area contributed by atoms with E-state index < -0.39 is 5.54 Å². The van der Waals surface area contributed by atoms with Gasteiger partial charge in [0.1, 0.15) is 5.54 Å². The molecule has 0 radical (unpaired) electrons. The molecule has 0 aromatic rings. The van der Waals surface area contributed by atoms with Crippen LogP contribution >= 0.6 is 11.8 Å². The highest BCUT2D eigenvalue weighted by Gasteiger charge is 2.53. The zero-order chi connectivity index (χ0) is 13.1. The van der Waals surface area contributed by atoms with Crippen molar-refractivity contribution in [3.8, 4) is 0 Å². The molecule has 0 spiro atoms. The number of thioether (sulfide) groups is 1. The van der Waals surface area contributed by atoms with Crippen molar-refractivity contribution in [1.29, 1.82) is 0 Å². The zero-order valence-corrected chi connectivity index (χ0v) is 12.4. The van der Waals surface area contributed by atoms with Gasteiger partial charge in [0, 0.05) is 11.8 Å². The van der Waals surface area contributed by atoms with Gasteiger partial charge >= 0.3 is 5.97 Å². The maximum Gasteiger partial charge on any atom is 0.327 e. The first-order valence-corrected chi connectivity index (χ1v) is 7.49. The van der Waals surface area contributed by atoms with Crippen LogP contribution in [0, 0.1) is 5.41 Å². The number of rotatable bonds is 4. The molecule has 0 aliphatic carbocycles. The van der Waals surface area contributed by atoms with Crippen molar-refractivity contribution in [3.05, 3.63) is 0 Å². The molecule has 3 nitrogen and oxygen atoms in total. The van der Waals surface area contributed by atoms with Gasteiger partial charge in [0.15, 0.2) is 0 Å². The van der Waals surface area contributed by atoms with E-state index in [1.54, 1.807) is 0 Å². The molecular formula is C13H25NO2S. The molecule has 17 heavy (non-hydrogen) atoms. The summed E-state index contributed by atoms with van der Waals surface area (Å²) in [4.78, 5) is 12.3. The van der Waals surface area contributed by atoms with Crippen molar-refractivity contribution in [3.63, 3.8) is 0 Å². The van der Waals surface area contributed by atoms with Gasteiger partial charge in [0.25, 0.3) is 0 Å². The summed E-state index contributed by atoms with van der Waals surface area (Å²) in [6.45, 7) is 8.59. The zero-order valence-electron chi connectivity index (χ0n) is 11.6. The van der Waals surface area contributed by atoms with E-state index in [1.807, 2.05) is 11.8 Å². The van der Waals surface area contributed by atoms with E-state index in [1.165, 1.54) is 7.11 Å². The van der Waals surface area contributed by atoms with Gasteiger partial charge in [0.05, 0.1) is 7.11 Å². The molecule has 1 rings (SSSR count). The minimum absolute atomic E-state index is 0.0607. The summed E-state index contributed by atoms with van der Waals surface area (Å²) >= 11 is 1.84. The van der Waals surface area contributed by atoms with Crippen molar-refractivity contribution < 1.29 is 9.53 Å². The molecule has 1 fully saturated rings. The van der Waals surface area contributed by atoms with E-state index in [0.717, 1.165) is 24.3 Å². The second-order valence-electron chi connectivity index (χ2n) is 5.54. The van der Waals surface area contributed by atoms with Gasteiger partial charge < -0.3 is 4.74 Å². The van der Waals surface area contributed by atoms with Crippen molar-refractivity contribution >= 4 is 17.7 Å². The summed E-state index contributed by atoms with van der Waals surface area (Å²) in [5.41, 5.74) is -0.602. The fourth-order valence-electron chi connectivity index (χ4n) is 2.29. The lowest BCUT2D eigenvalue weighted by Crippen LogP contribution is -2.67. The lowest BCUT2D eigenvalue weighted by Gasteiger charge is -2.49. The average molecular weight is 259 g/mol. The first kappa shape index (κ1) is 14.8. The second-order valence-corrected chi connectivity index (χ2v) is 6.64. The van der Waals surface area contributed by atoms with Crippen LogP contribution < -0.4 is 5.32 Å². The summed E-state index contributed by atoms with van der Waals surface area (Å²) in [5, 5.41) is 3.53. The summed E-state index contributed by atoms with van der Waals surface area (Å²) in [5.74, 6) is 1.81. The summed E-state index contributed by atoms with van der Waals surface area (Å²) in [7, 11) is 1.48. The highest BCUT2D eigenvalue weighted by atomic mass is 32.2. The Hall–Kier alpha value is -0.220. The smallest absolute Gasteiger partial charge is 0.327 e. The van der Waals surface area contributed by atoms with Gasteiger partial charge in [-0.3, -0.25) is 10.1 Å². The summed E-state index contributed by atoms with van der Waals surface area (Å²) in [6.07, 6.45) is 2.05. The molecule has 0 bridgehead atoms. The standard InChI is InChI=1S/C13H25NO2S/c1-6-10(2)14-13(11(15)16-5)9-17-8-7-12(13,3)4/h10,14H,6-9H2,1-5H3. The molecule has 4 heteroatoms. The van der Waals surface area contributed by atoms with E-state index in [-0.39, 0.29) is 11.4 Å². The normalized spacial score (nSPS) is 29.7. The van der Waals surface area contributed by atoms with Crippen LogP contribution in [-0.4, -0.2) is 36.2 Å². The predicted molar refractivity (Wildman–Crippen MR) is 73.4 cm³/mol. The highest BCUT2D eigenvalue weighted by Crippen LogP contribution is 2.43. The van der Waals surface area contributed by atoms with E-state index in [0.29, 0.717) is 6.04 Å². The quantitative estimate of drug-likeness (QED) is 0.787. The molecule has 1 heterocycles. The Kier molecular flexibility index (Phi) is 4.90. The fourth-order valence-corrected chi connectivity index (χ4v) is 3.99. The average Bonchev–Trinajstić information content (AvgIpc) is 2.30.